The van der Waals surface area contributed by atoms with Gasteiger partial charge >= 0.3 is 0 Å². The molecule has 3 aromatic carbocycles. The van der Waals surface area contributed by atoms with Gasteiger partial charge in [-0.2, -0.15) is 0 Å². The van der Waals surface area contributed by atoms with E-state index in [-0.39, 0.29) is 0 Å². The first-order valence-electron chi connectivity index (χ1n) is 5.58. The van der Waals surface area contributed by atoms with Crippen LogP contribution in [0.2, 0.25) is 0 Å². The maximum atomic E-state index is 2.39. The van der Waals surface area contributed by atoms with Crippen molar-refractivity contribution in [3.8, 4) is 11.1 Å². The summed E-state index contributed by atoms with van der Waals surface area (Å²) in [6.07, 6.45) is 0. The van der Waals surface area contributed by atoms with Crippen LogP contribution < -0.4 is 0 Å². The minimum absolute atomic E-state index is 1.27. The van der Waals surface area contributed by atoms with Crippen LogP contribution in [0.4, 0.5) is 0 Å². The molecule has 0 saturated carbocycles. The summed E-state index contributed by atoms with van der Waals surface area (Å²) in [5, 5.41) is 2.63. The average Bonchev–Trinajstić information content (AvgIpc) is 2.40. The molecule has 82 valence electrons. The van der Waals surface area contributed by atoms with Gasteiger partial charge < -0.3 is 0 Å². The number of rotatable bonds is 1. The summed E-state index contributed by atoms with van der Waals surface area (Å²) in [4.78, 5) is 0. The van der Waals surface area contributed by atoms with Crippen molar-refractivity contribution in [3.63, 3.8) is 0 Å². The topological polar surface area (TPSA) is 0 Å². The van der Waals surface area contributed by atoms with Gasteiger partial charge in [0.1, 0.15) is 0 Å². The smallest absolute Gasteiger partial charge is 0.0209 e. The molecule has 0 aliphatic carbocycles. The molecule has 0 N–H and O–H groups in total. The summed E-state index contributed by atoms with van der Waals surface area (Å²) in [5.41, 5.74) is 2.55. The van der Waals surface area contributed by atoms with Crippen molar-refractivity contribution in [2.75, 3.05) is 0 Å². The molecule has 0 aliphatic rings. The van der Waals surface area contributed by atoms with Gasteiger partial charge in [0.15, 0.2) is 0 Å². The van der Waals surface area contributed by atoms with E-state index in [0.717, 1.165) is 0 Å². The molecule has 0 aliphatic heterocycles. The van der Waals surface area contributed by atoms with E-state index in [4.69, 9.17) is 0 Å². The van der Waals surface area contributed by atoms with Gasteiger partial charge in [0.05, 0.1) is 0 Å². The van der Waals surface area contributed by atoms with Gasteiger partial charge in [0.2, 0.25) is 0 Å². The van der Waals surface area contributed by atoms with Crippen molar-refractivity contribution < 1.29 is 0 Å². The lowest BCUT2D eigenvalue weighted by atomic mass is 10.0. The summed E-state index contributed by atoms with van der Waals surface area (Å²) in [6, 6.07) is 23.6. The molecular weight excluding hydrogens is 319 g/mol. The molecule has 0 amide bonds. The predicted molar refractivity (Wildman–Crippen MR) is 82.1 cm³/mol. The zero-order valence-electron chi connectivity index (χ0n) is 9.23. The summed E-state index contributed by atoms with van der Waals surface area (Å²) in [7, 11) is 0. The Morgan fingerprint density at radius 2 is 1.47 bits per heavy atom. The molecule has 0 fully saturated rings. The largest absolute Gasteiger partial charge is 0.0622 e. The zero-order valence-corrected chi connectivity index (χ0v) is 11.4. The van der Waals surface area contributed by atoms with Crippen LogP contribution in [0.1, 0.15) is 0 Å². The lowest BCUT2D eigenvalue weighted by molar-refractivity contribution is 1.63. The number of hydrogen-bond acceptors (Lipinski definition) is 0. The van der Waals surface area contributed by atoms with Gasteiger partial charge in [-0.1, -0.05) is 54.6 Å². The van der Waals surface area contributed by atoms with E-state index in [9.17, 15) is 0 Å². The third-order valence-electron chi connectivity index (χ3n) is 2.94. The molecular formula is C16H11I. The molecule has 0 saturated heterocycles. The van der Waals surface area contributed by atoms with E-state index < -0.39 is 0 Å². The van der Waals surface area contributed by atoms with Gasteiger partial charge in [-0.05, 0) is 56.6 Å². The highest BCUT2D eigenvalue weighted by Crippen LogP contribution is 2.27. The normalized spacial score (nSPS) is 10.6. The highest BCUT2D eigenvalue weighted by molar-refractivity contribution is 14.1. The minimum Gasteiger partial charge on any atom is -0.0622 e. The van der Waals surface area contributed by atoms with Gasteiger partial charge in [-0.3, -0.25) is 0 Å². The Kier molecular flexibility index (Phi) is 2.85. The Bertz CT molecular complexity index is 657. The lowest BCUT2D eigenvalue weighted by Crippen LogP contribution is -1.81. The Morgan fingerprint density at radius 1 is 0.647 bits per heavy atom. The van der Waals surface area contributed by atoms with E-state index in [2.05, 4.69) is 83.3 Å². The van der Waals surface area contributed by atoms with E-state index in [1.54, 1.807) is 0 Å². The first-order chi connectivity index (χ1) is 8.34. The summed E-state index contributed by atoms with van der Waals surface area (Å²) in [6.45, 7) is 0. The Morgan fingerprint density at radius 3 is 2.29 bits per heavy atom. The molecule has 0 aromatic heterocycles. The molecule has 1 heteroatoms. The fourth-order valence-corrected chi connectivity index (χ4v) is 2.72. The first kappa shape index (κ1) is 10.8. The van der Waals surface area contributed by atoms with Gasteiger partial charge in [0.25, 0.3) is 0 Å². The van der Waals surface area contributed by atoms with Crippen molar-refractivity contribution in [2.45, 2.75) is 0 Å². The summed E-state index contributed by atoms with van der Waals surface area (Å²) in [5.74, 6) is 0. The van der Waals surface area contributed by atoms with E-state index in [1.165, 1.54) is 25.5 Å². The molecule has 0 radical (unpaired) electrons. The van der Waals surface area contributed by atoms with Crippen LogP contribution in [0, 0.1) is 3.57 Å². The second-order valence-corrected chi connectivity index (χ2v) is 5.20. The molecule has 0 bridgehead atoms. The molecule has 0 unspecified atom stereocenters. The third kappa shape index (κ3) is 2.07. The average molecular weight is 330 g/mol. The molecule has 17 heavy (non-hydrogen) atoms. The maximum absolute atomic E-state index is 2.39. The van der Waals surface area contributed by atoms with Crippen molar-refractivity contribution >= 4 is 33.4 Å². The van der Waals surface area contributed by atoms with Gasteiger partial charge in [0, 0.05) is 3.57 Å². The number of halogens is 1. The van der Waals surface area contributed by atoms with Crippen molar-refractivity contribution in [1.82, 2.24) is 0 Å². The van der Waals surface area contributed by atoms with Crippen LogP contribution >= 0.6 is 22.6 Å². The molecule has 0 heterocycles. The SMILES string of the molecule is Ic1cccc2ccc(-c3ccccc3)cc12. The monoisotopic (exact) mass is 330 g/mol. The van der Waals surface area contributed by atoms with Crippen LogP contribution in [0.25, 0.3) is 21.9 Å². The highest BCUT2D eigenvalue weighted by atomic mass is 127. The second-order valence-electron chi connectivity index (χ2n) is 4.04. The number of fused-ring (bicyclic) bond motifs is 1. The minimum atomic E-state index is 1.27. The van der Waals surface area contributed by atoms with E-state index in [1.807, 2.05) is 6.07 Å². The van der Waals surface area contributed by atoms with Crippen LogP contribution in [-0.4, -0.2) is 0 Å². The lowest BCUT2D eigenvalue weighted by Gasteiger charge is -2.05. The molecule has 3 aromatic rings. The fraction of sp³-hybridized carbons (Fsp3) is 0. The van der Waals surface area contributed by atoms with Crippen molar-refractivity contribution in [3.05, 3.63) is 70.3 Å². The van der Waals surface area contributed by atoms with Crippen LogP contribution in [-0.2, 0) is 0 Å². The Hall–Kier alpha value is -1.35. The quantitative estimate of drug-likeness (QED) is 0.544. The summed E-state index contributed by atoms with van der Waals surface area (Å²) < 4.78 is 1.30. The first-order valence-corrected chi connectivity index (χ1v) is 6.66. The van der Waals surface area contributed by atoms with Crippen LogP contribution in [0.3, 0.4) is 0 Å². The molecule has 0 atom stereocenters. The van der Waals surface area contributed by atoms with Crippen molar-refractivity contribution in [2.24, 2.45) is 0 Å². The van der Waals surface area contributed by atoms with Gasteiger partial charge in [-0.25, -0.2) is 0 Å². The predicted octanol–water partition coefficient (Wildman–Crippen LogP) is 5.11. The Balaban J connectivity index is 2.23. The van der Waals surface area contributed by atoms with Gasteiger partial charge in [-0.15, -0.1) is 0 Å². The zero-order chi connectivity index (χ0) is 11.7. The second kappa shape index (κ2) is 4.49. The van der Waals surface area contributed by atoms with E-state index in [0.29, 0.717) is 0 Å². The molecule has 0 nitrogen and oxygen atoms in total. The van der Waals surface area contributed by atoms with Crippen LogP contribution in [0.5, 0.6) is 0 Å². The molecule has 0 spiro atoms. The third-order valence-corrected chi connectivity index (χ3v) is 3.88. The number of hydrogen-bond donors (Lipinski definition) is 0. The summed E-state index contributed by atoms with van der Waals surface area (Å²) >= 11 is 2.39. The van der Waals surface area contributed by atoms with E-state index >= 15 is 0 Å². The fourth-order valence-electron chi connectivity index (χ4n) is 2.04. The van der Waals surface area contributed by atoms with Crippen molar-refractivity contribution in [1.29, 1.82) is 0 Å². The van der Waals surface area contributed by atoms with Crippen LogP contribution in [0.15, 0.2) is 66.7 Å². The molecule has 3 rings (SSSR count). The number of benzene rings is 3. The highest BCUT2D eigenvalue weighted by Gasteiger charge is 2.01. The standard InChI is InChI=1S/C16H11I/c17-16-8-4-7-13-9-10-14(11-15(13)16)12-5-2-1-3-6-12/h1-11H. The maximum Gasteiger partial charge on any atom is 0.0209 e. The Labute approximate surface area is 114 Å².